The molecule has 2 aliphatic rings. The van der Waals surface area contributed by atoms with Crippen LogP contribution in [0.3, 0.4) is 0 Å². The lowest BCUT2D eigenvalue weighted by atomic mass is 9.69. The van der Waals surface area contributed by atoms with E-state index in [0.29, 0.717) is 18.4 Å². The third-order valence-electron chi connectivity index (χ3n) is 5.58. The topological polar surface area (TPSA) is 18.5 Å². The second-order valence-corrected chi connectivity index (χ2v) is 7.34. The zero-order chi connectivity index (χ0) is 16.3. The average Bonchev–Trinajstić information content (AvgIpc) is 2.61. The molecule has 24 heavy (non-hydrogen) atoms. The Hall–Kier alpha value is -2.48. The van der Waals surface area contributed by atoms with Crippen LogP contribution < -0.4 is 9.47 Å². The first-order chi connectivity index (χ1) is 11.6. The van der Waals surface area contributed by atoms with Crippen molar-refractivity contribution in [3.63, 3.8) is 0 Å². The normalized spacial score (nSPS) is 23.4. The predicted octanol–water partition coefficient (Wildman–Crippen LogP) is 5.15. The number of ether oxygens (including phenoxy) is 2. The van der Waals surface area contributed by atoms with Gasteiger partial charge < -0.3 is 9.47 Å². The lowest BCUT2D eigenvalue weighted by molar-refractivity contribution is -0.0123. The molecule has 0 amide bonds. The van der Waals surface area contributed by atoms with E-state index < -0.39 is 0 Å². The standard InChI is InChI=1S/C22H20O2/c1-22(2)18-13-23-19-10-6-5-9-16(19)20(18)17-12-11-14-7-3-4-8-15(14)21(17)24-22/h3-12,18,20H,13H2,1-2H3/t18-,20-/m0/s1. The Morgan fingerprint density at radius 2 is 1.67 bits per heavy atom. The largest absolute Gasteiger partial charge is 0.493 e. The van der Waals surface area contributed by atoms with Gasteiger partial charge in [-0.1, -0.05) is 54.6 Å². The minimum absolute atomic E-state index is 0.269. The highest BCUT2D eigenvalue weighted by Crippen LogP contribution is 2.53. The van der Waals surface area contributed by atoms with Gasteiger partial charge >= 0.3 is 0 Å². The molecule has 0 aliphatic carbocycles. The number of hydrogen-bond acceptors (Lipinski definition) is 2. The van der Waals surface area contributed by atoms with E-state index in [2.05, 4.69) is 68.4 Å². The van der Waals surface area contributed by atoms with Crippen LogP contribution in [0.2, 0.25) is 0 Å². The van der Waals surface area contributed by atoms with Crippen LogP contribution in [-0.4, -0.2) is 12.2 Å². The Morgan fingerprint density at radius 1 is 0.875 bits per heavy atom. The summed E-state index contributed by atoms with van der Waals surface area (Å²) in [5.41, 5.74) is 2.30. The van der Waals surface area contributed by atoms with Crippen molar-refractivity contribution in [1.82, 2.24) is 0 Å². The van der Waals surface area contributed by atoms with Crippen molar-refractivity contribution >= 4 is 10.8 Å². The highest BCUT2D eigenvalue weighted by molar-refractivity contribution is 5.90. The molecule has 0 bridgehead atoms. The van der Waals surface area contributed by atoms with Gasteiger partial charge in [-0.2, -0.15) is 0 Å². The molecule has 0 aromatic heterocycles. The first-order valence-electron chi connectivity index (χ1n) is 8.57. The van der Waals surface area contributed by atoms with Crippen molar-refractivity contribution in [2.45, 2.75) is 25.4 Å². The lowest BCUT2D eigenvalue weighted by Gasteiger charge is -2.47. The Bertz CT molecular complexity index is 942. The van der Waals surface area contributed by atoms with Gasteiger partial charge in [-0.25, -0.2) is 0 Å². The zero-order valence-electron chi connectivity index (χ0n) is 14.0. The monoisotopic (exact) mass is 316 g/mol. The summed E-state index contributed by atoms with van der Waals surface area (Å²) in [4.78, 5) is 0. The van der Waals surface area contributed by atoms with Gasteiger partial charge in [0.05, 0.1) is 6.61 Å². The van der Waals surface area contributed by atoms with Crippen LogP contribution in [0.4, 0.5) is 0 Å². The highest BCUT2D eigenvalue weighted by Gasteiger charge is 2.48. The summed E-state index contributed by atoms with van der Waals surface area (Å²) in [5, 5.41) is 2.43. The molecule has 5 rings (SSSR count). The van der Waals surface area contributed by atoms with E-state index in [4.69, 9.17) is 9.47 Å². The quantitative estimate of drug-likeness (QED) is 0.571. The summed E-state index contributed by atoms with van der Waals surface area (Å²) in [7, 11) is 0. The summed E-state index contributed by atoms with van der Waals surface area (Å²) in [5.74, 6) is 2.67. The van der Waals surface area contributed by atoms with Crippen LogP contribution in [0.1, 0.15) is 30.9 Å². The molecule has 0 saturated carbocycles. The van der Waals surface area contributed by atoms with Crippen LogP contribution in [0.15, 0.2) is 60.7 Å². The fourth-order valence-corrected chi connectivity index (χ4v) is 4.31. The van der Waals surface area contributed by atoms with Gasteiger partial charge in [-0.05, 0) is 25.3 Å². The third-order valence-corrected chi connectivity index (χ3v) is 5.58. The maximum atomic E-state index is 6.54. The van der Waals surface area contributed by atoms with E-state index in [1.54, 1.807) is 0 Å². The molecule has 0 fully saturated rings. The molecule has 0 radical (unpaired) electrons. The molecule has 120 valence electrons. The SMILES string of the molecule is CC1(C)Oc2c(ccc3ccccc23)[C@@H]2c3ccccc3OC[C@@H]21. The highest BCUT2D eigenvalue weighted by atomic mass is 16.5. The van der Waals surface area contributed by atoms with E-state index in [1.807, 2.05) is 6.07 Å². The average molecular weight is 316 g/mol. The van der Waals surface area contributed by atoms with Gasteiger partial charge in [0, 0.05) is 28.3 Å². The third kappa shape index (κ3) is 1.83. The molecule has 3 aromatic rings. The van der Waals surface area contributed by atoms with Gasteiger partial charge in [0.15, 0.2) is 0 Å². The molecule has 0 N–H and O–H groups in total. The van der Waals surface area contributed by atoms with Crippen molar-refractivity contribution < 1.29 is 9.47 Å². The second-order valence-electron chi connectivity index (χ2n) is 7.34. The zero-order valence-corrected chi connectivity index (χ0v) is 14.0. The minimum atomic E-state index is -0.269. The van der Waals surface area contributed by atoms with Crippen molar-refractivity contribution in [2.75, 3.05) is 6.61 Å². The number of fused-ring (bicyclic) bond motifs is 7. The van der Waals surface area contributed by atoms with Gasteiger partial charge in [-0.15, -0.1) is 0 Å². The molecule has 0 spiro atoms. The molecular weight excluding hydrogens is 296 g/mol. The minimum Gasteiger partial charge on any atom is -0.493 e. The molecule has 0 saturated heterocycles. The first-order valence-corrected chi connectivity index (χ1v) is 8.57. The molecule has 2 atom stereocenters. The van der Waals surface area contributed by atoms with E-state index in [9.17, 15) is 0 Å². The molecule has 0 unspecified atom stereocenters. The molecule has 2 aliphatic heterocycles. The summed E-state index contributed by atoms with van der Waals surface area (Å²) >= 11 is 0. The van der Waals surface area contributed by atoms with Crippen LogP contribution in [0.5, 0.6) is 11.5 Å². The molecule has 2 heterocycles. The molecule has 2 nitrogen and oxygen atoms in total. The Kier molecular flexibility index (Phi) is 2.76. The van der Waals surface area contributed by atoms with E-state index in [0.717, 1.165) is 11.5 Å². The molecule has 2 heteroatoms. The Morgan fingerprint density at radius 3 is 2.58 bits per heavy atom. The van der Waals surface area contributed by atoms with Gasteiger partial charge in [0.1, 0.15) is 17.1 Å². The lowest BCUT2D eigenvalue weighted by Crippen LogP contribution is -2.49. The van der Waals surface area contributed by atoms with Crippen molar-refractivity contribution in [3.8, 4) is 11.5 Å². The Balaban J connectivity index is 1.82. The predicted molar refractivity (Wildman–Crippen MR) is 95.9 cm³/mol. The summed E-state index contributed by atoms with van der Waals surface area (Å²) < 4.78 is 12.6. The smallest absolute Gasteiger partial charge is 0.131 e. The van der Waals surface area contributed by atoms with E-state index >= 15 is 0 Å². The summed E-state index contributed by atoms with van der Waals surface area (Å²) in [6.45, 7) is 5.07. The first kappa shape index (κ1) is 13.9. The summed E-state index contributed by atoms with van der Waals surface area (Å²) in [6.07, 6.45) is 0. The van der Waals surface area contributed by atoms with Crippen molar-refractivity contribution in [2.24, 2.45) is 5.92 Å². The molecular formula is C22H20O2. The van der Waals surface area contributed by atoms with Crippen molar-refractivity contribution in [3.05, 3.63) is 71.8 Å². The van der Waals surface area contributed by atoms with Gasteiger partial charge in [0.2, 0.25) is 0 Å². The maximum Gasteiger partial charge on any atom is 0.131 e. The van der Waals surface area contributed by atoms with Gasteiger partial charge in [0.25, 0.3) is 0 Å². The number of para-hydroxylation sites is 1. The van der Waals surface area contributed by atoms with Crippen LogP contribution in [-0.2, 0) is 0 Å². The number of rotatable bonds is 0. The fraction of sp³-hybridized carbons (Fsp3) is 0.273. The van der Waals surface area contributed by atoms with Crippen LogP contribution in [0, 0.1) is 5.92 Å². The maximum absolute atomic E-state index is 6.54. The van der Waals surface area contributed by atoms with Gasteiger partial charge in [-0.3, -0.25) is 0 Å². The Labute approximate surface area is 142 Å². The number of benzene rings is 3. The summed E-state index contributed by atoms with van der Waals surface area (Å²) in [6, 6.07) is 21.4. The molecule has 3 aromatic carbocycles. The van der Waals surface area contributed by atoms with Crippen molar-refractivity contribution in [1.29, 1.82) is 0 Å². The van der Waals surface area contributed by atoms with Crippen LogP contribution >= 0.6 is 0 Å². The second kappa shape index (κ2) is 4.76. The number of hydrogen-bond donors (Lipinski definition) is 0. The van der Waals surface area contributed by atoms with Crippen LogP contribution in [0.25, 0.3) is 10.8 Å². The van der Waals surface area contributed by atoms with E-state index in [-0.39, 0.29) is 5.60 Å². The fourth-order valence-electron chi connectivity index (χ4n) is 4.31. The van der Waals surface area contributed by atoms with E-state index in [1.165, 1.54) is 21.9 Å².